The van der Waals surface area contributed by atoms with Crippen molar-refractivity contribution in [2.45, 2.75) is 30.6 Å². The van der Waals surface area contributed by atoms with Crippen LogP contribution < -0.4 is 0 Å². The van der Waals surface area contributed by atoms with E-state index in [2.05, 4.69) is 4.98 Å². The highest BCUT2D eigenvalue weighted by Gasteiger charge is 2.31. The summed E-state index contributed by atoms with van der Waals surface area (Å²) >= 11 is 0. The topological polar surface area (TPSA) is 119 Å². The molecular formula is C19H18N2O6S. The quantitative estimate of drug-likeness (QED) is 0.395. The predicted octanol–water partition coefficient (Wildman–Crippen LogP) is 3.70. The Kier molecular flexibility index (Phi) is 4.95. The summed E-state index contributed by atoms with van der Waals surface area (Å²) in [6.45, 7) is 5.18. The molecule has 0 radical (unpaired) electrons. The second-order valence-electron chi connectivity index (χ2n) is 6.36. The number of aromatic amines is 1. The molecule has 0 amide bonds. The van der Waals surface area contributed by atoms with Crippen LogP contribution in [0.15, 0.2) is 46.2 Å². The molecule has 0 aliphatic heterocycles. The highest BCUT2D eigenvalue weighted by Crippen LogP contribution is 2.34. The Morgan fingerprint density at radius 2 is 1.79 bits per heavy atom. The number of hydrogen-bond donors (Lipinski definition) is 1. The predicted molar refractivity (Wildman–Crippen MR) is 102 cm³/mol. The number of sulfone groups is 1. The number of ether oxygens (including phenoxy) is 1. The minimum absolute atomic E-state index is 0.00274. The molecule has 2 aromatic carbocycles. The van der Waals surface area contributed by atoms with Gasteiger partial charge in [0.25, 0.3) is 5.69 Å². The zero-order valence-electron chi connectivity index (χ0n) is 15.5. The van der Waals surface area contributed by atoms with Crippen molar-refractivity contribution in [1.29, 1.82) is 0 Å². The molecule has 1 heterocycles. The highest BCUT2D eigenvalue weighted by molar-refractivity contribution is 7.91. The van der Waals surface area contributed by atoms with Gasteiger partial charge in [-0.25, -0.2) is 13.2 Å². The van der Waals surface area contributed by atoms with Gasteiger partial charge in [0.15, 0.2) is 0 Å². The van der Waals surface area contributed by atoms with Crippen molar-refractivity contribution in [3.63, 3.8) is 0 Å². The first-order valence-electron chi connectivity index (χ1n) is 8.45. The van der Waals surface area contributed by atoms with Gasteiger partial charge in [0.2, 0.25) is 9.84 Å². The van der Waals surface area contributed by atoms with E-state index in [4.69, 9.17) is 4.74 Å². The number of nitrogens with one attached hydrogen (secondary N) is 1. The van der Waals surface area contributed by atoms with Gasteiger partial charge in [0, 0.05) is 23.0 Å². The lowest BCUT2D eigenvalue weighted by molar-refractivity contribution is -0.384. The Morgan fingerprint density at radius 1 is 1.14 bits per heavy atom. The number of aryl methyl sites for hydroxylation is 2. The van der Waals surface area contributed by atoms with E-state index in [1.807, 2.05) is 6.07 Å². The summed E-state index contributed by atoms with van der Waals surface area (Å²) in [5.74, 6) is -0.843. The van der Waals surface area contributed by atoms with Gasteiger partial charge in [-0.05, 0) is 50.1 Å². The minimum Gasteiger partial charge on any atom is -0.461 e. The molecule has 0 fully saturated rings. The third-order valence-electron chi connectivity index (χ3n) is 4.20. The van der Waals surface area contributed by atoms with Gasteiger partial charge >= 0.3 is 5.97 Å². The standard InChI is InChI=1S/C19H18N2O6S/c1-4-27-19(22)17-18(15-10-13(21(23)24)5-6-16(15)20-17)28(25,26)14-8-11(2)7-12(3)9-14/h5-10,20H,4H2,1-3H3. The fraction of sp³-hybridized carbons (Fsp3) is 0.211. The van der Waals surface area contributed by atoms with Crippen molar-refractivity contribution in [2.24, 2.45) is 0 Å². The first-order chi connectivity index (χ1) is 13.1. The number of benzene rings is 2. The summed E-state index contributed by atoms with van der Waals surface area (Å²) in [5, 5.41) is 11.2. The van der Waals surface area contributed by atoms with Gasteiger partial charge in [-0.2, -0.15) is 0 Å². The van der Waals surface area contributed by atoms with Crippen LogP contribution in [0.2, 0.25) is 0 Å². The molecule has 1 aromatic heterocycles. The molecule has 3 rings (SSSR count). The van der Waals surface area contributed by atoms with E-state index >= 15 is 0 Å². The van der Waals surface area contributed by atoms with E-state index < -0.39 is 20.7 Å². The van der Waals surface area contributed by atoms with Gasteiger partial charge < -0.3 is 9.72 Å². The first-order valence-corrected chi connectivity index (χ1v) is 9.94. The van der Waals surface area contributed by atoms with Crippen LogP contribution in [0.3, 0.4) is 0 Å². The van der Waals surface area contributed by atoms with E-state index in [1.54, 1.807) is 20.8 Å². The van der Waals surface area contributed by atoms with E-state index in [-0.39, 0.29) is 38.7 Å². The Labute approximate surface area is 161 Å². The molecule has 0 unspecified atom stereocenters. The number of aromatic nitrogens is 1. The Morgan fingerprint density at radius 3 is 2.36 bits per heavy atom. The van der Waals surface area contributed by atoms with Crippen molar-refractivity contribution in [3.8, 4) is 0 Å². The van der Waals surface area contributed by atoms with Crippen LogP contribution >= 0.6 is 0 Å². The number of nitro groups is 1. The zero-order valence-corrected chi connectivity index (χ0v) is 16.3. The molecular weight excluding hydrogens is 384 g/mol. The van der Waals surface area contributed by atoms with E-state index in [0.717, 1.165) is 17.2 Å². The zero-order chi connectivity index (χ0) is 20.6. The van der Waals surface area contributed by atoms with Crippen molar-refractivity contribution < 1.29 is 22.9 Å². The fourth-order valence-corrected chi connectivity index (χ4v) is 4.88. The maximum absolute atomic E-state index is 13.4. The first kappa shape index (κ1) is 19.6. The second kappa shape index (κ2) is 7.08. The molecule has 1 N–H and O–H groups in total. The minimum atomic E-state index is -4.16. The molecule has 0 bridgehead atoms. The lowest BCUT2D eigenvalue weighted by Crippen LogP contribution is -2.12. The summed E-state index contributed by atoms with van der Waals surface area (Å²) in [7, 11) is -4.16. The third kappa shape index (κ3) is 3.36. The number of H-pyrrole nitrogens is 1. The number of carbonyl (C=O) groups is 1. The van der Waals surface area contributed by atoms with Gasteiger partial charge in [0.05, 0.1) is 16.4 Å². The van der Waals surface area contributed by atoms with Crippen LogP contribution in [0.25, 0.3) is 10.9 Å². The smallest absolute Gasteiger partial charge is 0.356 e. The molecule has 0 aliphatic carbocycles. The van der Waals surface area contributed by atoms with Crippen molar-refractivity contribution in [3.05, 3.63) is 63.3 Å². The molecule has 0 saturated carbocycles. The normalized spacial score (nSPS) is 11.5. The number of non-ortho nitro benzene ring substituents is 1. The van der Waals surface area contributed by atoms with Crippen LogP contribution in [0, 0.1) is 24.0 Å². The number of hydrogen-bond acceptors (Lipinski definition) is 6. The van der Waals surface area contributed by atoms with Crippen molar-refractivity contribution >= 4 is 32.4 Å². The van der Waals surface area contributed by atoms with Gasteiger partial charge in [-0.3, -0.25) is 10.1 Å². The number of nitrogens with zero attached hydrogens (tertiary/aromatic N) is 1. The van der Waals surface area contributed by atoms with Gasteiger partial charge in [-0.15, -0.1) is 0 Å². The number of nitro benzene ring substituents is 1. The van der Waals surface area contributed by atoms with Crippen molar-refractivity contribution in [2.75, 3.05) is 6.61 Å². The third-order valence-corrected chi connectivity index (χ3v) is 6.02. The van der Waals surface area contributed by atoms with Crippen LogP contribution in [0.5, 0.6) is 0 Å². The summed E-state index contributed by atoms with van der Waals surface area (Å²) < 4.78 is 31.8. The fourth-order valence-electron chi connectivity index (χ4n) is 3.10. The monoisotopic (exact) mass is 402 g/mol. The second-order valence-corrected chi connectivity index (χ2v) is 8.25. The van der Waals surface area contributed by atoms with Crippen LogP contribution in [0.4, 0.5) is 5.69 Å². The Hall–Kier alpha value is -3.20. The lowest BCUT2D eigenvalue weighted by atomic mass is 10.2. The number of esters is 1. The summed E-state index contributed by atoms with van der Waals surface area (Å²) in [6, 6.07) is 8.56. The van der Waals surface area contributed by atoms with E-state index in [1.165, 1.54) is 24.3 Å². The molecule has 0 aliphatic rings. The van der Waals surface area contributed by atoms with Gasteiger partial charge in [-0.1, -0.05) is 6.07 Å². The maximum Gasteiger partial charge on any atom is 0.356 e. The lowest BCUT2D eigenvalue weighted by Gasteiger charge is -2.09. The van der Waals surface area contributed by atoms with E-state index in [9.17, 15) is 23.3 Å². The molecule has 9 heteroatoms. The SMILES string of the molecule is CCOC(=O)c1[nH]c2ccc([N+](=O)[O-])cc2c1S(=O)(=O)c1cc(C)cc(C)c1. The summed E-state index contributed by atoms with van der Waals surface area (Å²) in [4.78, 5) is 25.4. The Balaban J connectivity index is 2.38. The van der Waals surface area contributed by atoms with Crippen molar-refractivity contribution in [1.82, 2.24) is 4.98 Å². The summed E-state index contributed by atoms with van der Waals surface area (Å²) in [6.07, 6.45) is 0. The highest BCUT2D eigenvalue weighted by atomic mass is 32.2. The number of fused-ring (bicyclic) bond motifs is 1. The summed E-state index contributed by atoms with van der Waals surface area (Å²) in [5.41, 5.74) is 1.23. The molecule has 8 nitrogen and oxygen atoms in total. The van der Waals surface area contributed by atoms with Gasteiger partial charge in [0.1, 0.15) is 10.6 Å². The maximum atomic E-state index is 13.4. The molecule has 28 heavy (non-hydrogen) atoms. The van der Waals surface area contributed by atoms with Crippen LogP contribution in [-0.2, 0) is 14.6 Å². The van der Waals surface area contributed by atoms with E-state index in [0.29, 0.717) is 0 Å². The average molecular weight is 402 g/mol. The van der Waals surface area contributed by atoms with Crippen LogP contribution in [-0.4, -0.2) is 30.9 Å². The average Bonchev–Trinajstić information content (AvgIpc) is 3.00. The Bertz CT molecular complexity index is 1190. The molecule has 0 saturated heterocycles. The molecule has 3 aromatic rings. The molecule has 146 valence electrons. The number of rotatable bonds is 5. The number of carbonyl (C=O) groups excluding carboxylic acids is 1. The molecule has 0 atom stereocenters. The van der Waals surface area contributed by atoms with Crippen LogP contribution in [0.1, 0.15) is 28.5 Å². The molecule has 0 spiro atoms. The largest absolute Gasteiger partial charge is 0.461 e.